The van der Waals surface area contributed by atoms with Gasteiger partial charge in [0.1, 0.15) is 11.6 Å². The SMILES string of the molecule is CCCn1ccnc1CC(NC)c1ccc(Br)cc1F. The molecule has 1 atom stereocenters. The van der Waals surface area contributed by atoms with Crippen LogP contribution in [0.25, 0.3) is 0 Å². The highest BCUT2D eigenvalue weighted by Gasteiger charge is 2.17. The van der Waals surface area contributed by atoms with Crippen molar-refractivity contribution in [1.29, 1.82) is 0 Å². The van der Waals surface area contributed by atoms with Gasteiger partial charge in [-0.25, -0.2) is 9.37 Å². The summed E-state index contributed by atoms with van der Waals surface area (Å²) in [6, 6.07) is 5.09. The van der Waals surface area contributed by atoms with Gasteiger partial charge in [-0.3, -0.25) is 0 Å². The standard InChI is InChI=1S/C15H19BrFN3/c1-3-7-20-8-6-19-15(20)10-14(18-2)12-5-4-11(16)9-13(12)17/h4-6,8-9,14,18H,3,7,10H2,1-2H3. The van der Waals surface area contributed by atoms with E-state index < -0.39 is 0 Å². The number of hydrogen-bond acceptors (Lipinski definition) is 2. The molecule has 0 radical (unpaired) electrons. The predicted molar refractivity (Wildman–Crippen MR) is 82.1 cm³/mol. The molecule has 0 aliphatic rings. The molecular formula is C15H19BrFN3. The van der Waals surface area contributed by atoms with Gasteiger partial charge in [-0.2, -0.15) is 0 Å². The fourth-order valence-electron chi connectivity index (χ4n) is 2.31. The molecule has 0 bridgehead atoms. The van der Waals surface area contributed by atoms with Crippen LogP contribution in [0.5, 0.6) is 0 Å². The minimum absolute atomic E-state index is 0.0823. The van der Waals surface area contributed by atoms with Crippen LogP contribution in [0.15, 0.2) is 35.1 Å². The minimum Gasteiger partial charge on any atom is -0.335 e. The van der Waals surface area contributed by atoms with Crippen molar-refractivity contribution in [3.05, 3.63) is 52.3 Å². The lowest BCUT2D eigenvalue weighted by Crippen LogP contribution is -2.22. The Morgan fingerprint density at radius 3 is 2.90 bits per heavy atom. The van der Waals surface area contributed by atoms with Crippen molar-refractivity contribution in [3.8, 4) is 0 Å². The summed E-state index contributed by atoms with van der Waals surface area (Å²) in [5, 5.41) is 3.18. The first kappa shape index (κ1) is 15.2. The zero-order chi connectivity index (χ0) is 14.5. The lowest BCUT2D eigenvalue weighted by Gasteiger charge is -2.18. The molecule has 0 aliphatic carbocycles. The van der Waals surface area contributed by atoms with Crippen LogP contribution in [0.4, 0.5) is 4.39 Å². The fourth-order valence-corrected chi connectivity index (χ4v) is 2.64. The number of imidazole rings is 1. The molecule has 1 N–H and O–H groups in total. The van der Waals surface area contributed by atoms with Crippen LogP contribution >= 0.6 is 15.9 Å². The van der Waals surface area contributed by atoms with Crippen LogP contribution in [0.2, 0.25) is 0 Å². The molecule has 0 aliphatic heterocycles. The molecule has 0 saturated heterocycles. The summed E-state index contributed by atoms with van der Waals surface area (Å²) >= 11 is 3.28. The first-order chi connectivity index (χ1) is 9.65. The van der Waals surface area contributed by atoms with Gasteiger partial charge in [-0.1, -0.05) is 28.9 Å². The number of nitrogens with one attached hydrogen (secondary N) is 1. The molecule has 20 heavy (non-hydrogen) atoms. The van der Waals surface area contributed by atoms with E-state index in [0.29, 0.717) is 12.0 Å². The lowest BCUT2D eigenvalue weighted by atomic mass is 10.0. The molecular weight excluding hydrogens is 321 g/mol. The monoisotopic (exact) mass is 339 g/mol. The van der Waals surface area contributed by atoms with Gasteiger partial charge in [0, 0.05) is 41.4 Å². The third-order valence-corrected chi connectivity index (χ3v) is 3.83. The van der Waals surface area contributed by atoms with E-state index in [1.807, 2.05) is 25.4 Å². The van der Waals surface area contributed by atoms with Crippen molar-refractivity contribution in [1.82, 2.24) is 14.9 Å². The van der Waals surface area contributed by atoms with E-state index in [4.69, 9.17) is 0 Å². The molecule has 0 fully saturated rings. The molecule has 1 heterocycles. The smallest absolute Gasteiger partial charge is 0.129 e. The van der Waals surface area contributed by atoms with Crippen LogP contribution in [0, 0.1) is 5.82 Å². The molecule has 5 heteroatoms. The van der Waals surface area contributed by atoms with Gasteiger partial charge in [0.05, 0.1) is 0 Å². The quantitative estimate of drug-likeness (QED) is 0.869. The van der Waals surface area contributed by atoms with E-state index in [1.165, 1.54) is 6.07 Å². The summed E-state index contributed by atoms with van der Waals surface area (Å²) in [5.74, 6) is 0.779. The number of aryl methyl sites for hydroxylation is 1. The number of aromatic nitrogens is 2. The van der Waals surface area contributed by atoms with Crippen molar-refractivity contribution in [3.63, 3.8) is 0 Å². The van der Waals surface area contributed by atoms with E-state index in [0.717, 1.165) is 23.3 Å². The number of rotatable bonds is 6. The number of likely N-dealkylation sites (N-methyl/N-ethyl adjacent to an activating group) is 1. The first-order valence-electron chi connectivity index (χ1n) is 6.78. The van der Waals surface area contributed by atoms with Crippen molar-refractivity contribution in [2.45, 2.75) is 32.4 Å². The summed E-state index contributed by atoms with van der Waals surface area (Å²) in [5.41, 5.74) is 0.668. The van der Waals surface area contributed by atoms with Crippen molar-refractivity contribution < 1.29 is 4.39 Å². The summed E-state index contributed by atoms with van der Waals surface area (Å²) in [6.07, 6.45) is 5.50. The van der Waals surface area contributed by atoms with Crippen molar-refractivity contribution in [2.75, 3.05) is 7.05 Å². The van der Waals surface area contributed by atoms with Crippen LogP contribution in [0.3, 0.4) is 0 Å². The Morgan fingerprint density at radius 1 is 1.45 bits per heavy atom. The number of halogens is 2. The Morgan fingerprint density at radius 2 is 2.25 bits per heavy atom. The highest BCUT2D eigenvalue weighted by molar-refractivity contribution is 9.10. The molecule has 108 valence electrons. The van der Waals surface area contributed by atoms with Crippen LogP contribution in [0.1, 0.15) is 30.8 Å². The molecule has 1 aromatic heterocycles. The second-order valence-electron chi connectivity index (χ2n) is 4.75. The van der Waals surface area contributed by atoms with Crippen LogP contribution in [-0.4, -0.2) is 16.6 Å². The Labute approximate surface area is 127 Å². The summed E-state index contributed by atoms with van der Waals surface area (Å²) < 4.78 is 16.9. The zero-order valence-electron chi connectivity index (χ0n) is 11.7. The topological polar surface area (TPSA) is 29.9 Å². The maximum atomic E-state index is 14.1. The van der Waals surface area contributed by atoms with E-state index in [9.17, 15) is 4.39 Å². The highest BCUT2D eigenvalue weighted by atomic mass is 79.9. The highest BCUT2D eigenvalue weighted by Crippen LogP contribution is 2.23. The predicted octanol–water partition coefficient (Wildman–Crippen LogP) is 3.70. The molecule has 1 unspecified atom stereocenters. The van der Waals surface area contributed by atoms with Crippen molar-refractivity contribution >= 4 is 15.9 Å². The molecule has 0 spiro atoms. The van der Waals surface area contributed by atoms with Gasteiger partial charge in [-0.05, 0) is 25.6 Å². The molecule has 2 aromatic rings. The second-order valence-corrected chi connectivity index (χ2v) is 5.66. The molecule has 3 nitrogen and oxygen atoms in total. The molecule has 0 amide bonds. The van der Waals surface area contributed by atoms with Gasteiger partial charge in [0.15, 0.2) is 0 Å². The number of nitrogens with zero attached hydrogens (tertiary/aromatic N) is 2. The third-order valence-electron chi connectivity index (χ3n) is 3.34. The number of benzene rings is 1. The van der Waals surface area contributed by atoms with Gasteiger partial charge in [0.25, 0.3) is 0 Å². The van der Waals surface area contributed by atoms with Crippen molar-refractivity contribution in [2.24, 2.45) is 0 Å². The van der Waals surface area contributed by atoms with Crippen LogP contribution in [-0.2, 0) is 13.0 Å². The van der Waals surface area contributed by atoms with Gasteiger partial charge in [0.2, 0.25) is 0 Å². The summed E-state index contributed by atoms with van der Waals surface area (Å²) in [7, 11) is 1.85. The van der Waals surface area contributed by atoms with Gasteiger partial charge < -0.3 is 9.88 Å². The first-order valence-corrected chi connectivity index (χ1v) is 7.57. The third kappa shape index (κ3) is 3.46. The van der Waals surface area contributed by atoms with E-state index >= 15 is 0 Å². The summed E-state index contributed by atoms with van der Waals surface area (Å²) in [6.45, 7) is 3.07. The van der Waals surface area contributed by atoms with Gasteiger partial charge in [-0.15, -0.1) is 0 Å². The Hall–Kier alpha value is -1.20. The van der Waals surface area contributed by atoms with E-state index in [-0.39, 0.29) is 11.9 Å². The second kappa shape index (κ2) is 6.99. The zero-order valence-corrected chi connectivity index (χ0v) is 13.3. The Balaban J connectivity index is 2.22. The molecule has 2 rings (SSSR count). The van der Waals surface area contributed by atoms with E-state index in [2.05, 4.69) is 37.7 Å². The van der Waals surface area contributed by atoms with Crippen LogP contribution < -0.4 is 5.32 Å². The average Bonchev–Trinajstić information content (AvgIpc) is 2.84. The molecule has 0 saturated carbocycles. The minimum atomic E-state index is -0.202. The average molecular weight is 340 g/mol. The Kier molecular flexibility index (Phi) is 5.31. The number of hydrogen-bond donors (Lipinski definition) is 1. The van der Waals surface area contributed by atoms with E-state index in [1.54, 1.807) is 6.20 Å². The van der Waals surface area contributed by atoms with Gasteiger partial charge >= 0.3 is 0 Å². The fraction of sp³-hybridized carbons (Fsp3) is 0.400. The largest absolute Gasteiger partial charge is 0.335 e. The maximum absolute atomic E-state index is 14.1. The Bertz CT molecular complexity index is 568. The maximum Gasteiger partial charge on any atom is 0.129 e. The molecule has 1 aromatic carbocycles. The summed E-state index contributed by atoms with van der Waals surface area (Å²) in [4.78, 5) is 4.39. The normalized spacial score (nSPS) is 12.6. The lowest BCUT2D eigenvalue weighted by molar-refractivity contribution is 0.510.